The summed E-state index contributed by atoms with van der Waals surface area (Å²) in [7, 11) is 0. The van der Waals surface area contributed by atoms with Crippen molar-refractivity contribution in [2.45, 2.75) is 50.9 Å². The molecule has 0 atom stereocenters. The van der Waals surface area contributed by atoms with Crippen molar-refractivity contribution in [3.63, 3.8) is 0 Å². The number of aryl methyl sites for hydroxylation is 2. The standard InChI is InChI=1S/C25H20F6O3/c1-3-5-7-11-17-13-9-15-19(21(17)24(26,27)28)33-23(32)34-20-16-10-14-18(12-8-6-4-2)22(20)25(29,30)31/h1-2,9-10,13-16H,5-8,11-12H2. The van der Waals surface area contributed by atoms with E-state index < -0.39 is 41.1 Å². The quantitative estimate of drug-likeness (QED) is 0.131. The lowest BCUT2D eigenvalue weighted by molar-refractivity contribution is -0.139. The van der Waals surface area contributed by atoms with Gasteiger partial charge in [-0.05, 0) is 48.9 Å². The third kappa shape index (κ3) is 7.21. The highest BCUT2D eigenvalue weighted by Gasteiger charge is 2.39. The van der Waals surface area contributed by atoms with E-state index in [2.05, 4.69) is 11.8 Å². The molecule has 0 aliphatic rings. The summed E-state index contributed by atoms with van der Waals surface area (Å²) in [5.74, 6) is 2.88. The van der Waals surface area contributed by atoms with E-state index in [-0.39, 0.29) is 49.7 Å². The largest absolute Gasteiger partial charge is 0.519 e. The van der Waals surface area contributed by atoms with Gasteiger partial charge in [0.1, 0.15) is 22.6 Å². The average Bonchev–Trinajstić information content (AvgIpc) is 2.72. The number of carbonyl (C=O) groups excluding carboxylic acids is 1. The molecule has 0 aliphatic heterocycles. The van der Waals surface area contributed by atoms with Crippen LogP contribution in [0.5, 0.6) is 11.5 Å². The fourth-order valence-electron chi connectivity index (χ4n) is 3.35. The highest BCUT2D eigenvalue weighted by molar-refractivity contribution is 5.69. The Morgan fingerprint density at radius 2 is 1.12 bits per heavy atom. The maximum absolute atomic E-state index is 13.7. The number of ether oxygens (including phenoxy) is 2. The number of terminal acetylenes is 2. The Kier molecular flexibility index (Phi) is 9.03. The topological polar surface area (TPSA) is 35.5 Å². The minimum Gasteiger partial charge on any atom is -0.394 e. The van der Waals surface area contributed by atoms with E-state index in [9.17, 15) is 31.1 Å². The Hall–Kier alpha value is -3.59. The molecule has 0 aromatic heterocycles. The molecular formula is C25H20F6O3. The molecule has 0 saturated heterocycles. The molecule has 0 bridgehead atoms. The van der Waals surface area contributed by atoms with Crippen molar-refractivity contribution in [1.82, 2.24) is 0 Å². The molecule has 180 valence electrons. The number of carbonyl (C=O) groups is 1. The van der Waals surface area contributed by atoms with Crippen LogP contribution in [0.4, 0.5) is 31.1 Å². The van der Waals surface area contributed by atoms with Crippen LogP contribution in [-0.2, 0) is 25.2 Å². The lowest BCUT2D eigenvalue weighted by Crippen LogP contribution is -2.20. The number of alkyl halides is 6. The molecule has 0 unspecified atom stereocenters. The molecule has 0 amide bonds. The van der Waals surface area contributed by atoms with Crippen LogP contribution in [0.3, 0.4) is 0 Å². The summed E-state index contributed by atoms with van der Waals surface area (Å²) in [6.07, 6.45) is -0.354. The molecule has 0 fully saturated rings. The summed E-state index contributed by atoms with van der Waals surface area (Å²) >= 11 is 0. The molecule has 2 aromatic carbocycles. The van der Waals surface area contributed by atoms with Crippen molar-refractivity contribution in [2.75, 3.05) is 0 Å². The second kappa shape index (κ2) is 11.5. The van der Waals surface area contributed by atoms with Crippen LogP contribution < -0.4 is 9.47 Å². The van der Waals surface area contributed by atoms with Crippen molar-refractivity contribution in [3.8, 4) is 36.2 Å². The SMILES string of the molecule is C#CCCCc1cccc(OC(=O)Oc2cccc(CCCC#C)c2C(F)(F)F)c1C(F)(F)F. The fraction of sp³-hybridized carbons (Fsp3) is 0.320. The third-order valence-corrected chi connectivity index (χ3v) is 4.71. The molecule has 3 nitrogen and oxygen atoms in total. The number of hydrogen-bond acceptors (Lipinski definition) is 3. The van der Waals surface area contributed by atoms with Crippen LogP contribution >= 0.6 is 0 Å². The number of benzene rings is 2. The first-order chi connectivity index (χ1) is 16.0. The molecule has 2 rings (SSSR count). The van der Waals surface area contributed by atoms with Gasteiger partial charge in [-0.1, -0.05) is 24.3 Å². The lowest BCUT2D eigenvalue weighted by atomic mass is 10.0. The summed E-state index contributed by atoms with van der Waals surface area (Å²) in [5, 5.41) is 0. The zero-order chi connectivity index (χ0) is 25.4. The van der Waals surface area contributed by atoms with Crippen LogP contribution in [0.25, 0.3) is 0 Å². The molecular weight excluding hydrogens is 462 g/mol. The zero-order valence-electron chi connectivity index (χ0n) is 17.9. The third-order valence-electron chi connectivity index (χ3n) is 4.71. The monoisotopic (exact) mass is 482 g/mol. The van der Waals surface area contributed by atoms with Gasteiger partial charge in [-0.3, -0.25) is 0 Å². The predicted octanol–water partition coefficient (Wildman–Crippen LogP) is 7.21. The average molecular weight is 482 g/mol. The Morgan fingerprint density at radius 1 is 0.735 bits per heavy atom. The fourth-order valence-corrected chi connectivity index (χ4v) is 3.35. The normalized spacial score (nSPS) is 11.4. The Labute approximate surface area is 193 Å². The van der Waals surface area contributed by atoms with E-state index in [0.717, 1.165) is 12.1 Å². The Balaban J connectivity index is 2.35. The van der Waals surface area contributed by atoms with Gasteiger partial charge in [-0.2, -0.15) is 26.3 Å². The molecule has 34 heavy (non-hydrogen) atoms. The summed E-state index contributed by atoms with van der Waals surface area (Å²) in [4.78, 5) is 12.3. The van der Waals surface area contributed by atoms with E-state index in [4.69, 9.17) is 22.3 Å². The molecule has 0 N–H and O–H groups in total. The van der Waals surface area contributed by atoms with Gasteiger partial charge >= 0.3 is 18.5 Å². The summed E-state index contributed by atoms with van der Waals surface area (Å²) in [6, 6.07) is 6.65. The number of unbranched alkanes of at least 4 members (excludes halogenated alkanes) is 2. The van der Waals surface area contributed by atoms with Crippen LogP contribution in [0.1, 0.15) is 47.9 Å². The number of rotatable bonds is 8. The van der Waals surface area contributed by atoms with E-state index in [0.29, 0.717) is 0 Å². The van der Waals surface area contributed by atoms with Crippen molar-refractivity contribution in [1.29, 1.82) is 0 Å². The van der Waals surface area contributed by atoms with Crippen LogP contribution in [0, 0.1) is 24.7 Å². The molecule has 0 aliphatic carbocycles. The van der Waals surface area contributed by atoms with Gasteiger partial charge in [0.25, 0.3) is 0 Å². The predicted molar refractivity (Wildman–Crippen MR) is 113 cm³/mol. The minimum atomic E-state index is -4.89. The highest BCUT2D eigenvalue weighted by Crippen LogP contribution is 2.41. The molecule has 0 spiro atoms. The molecule has 0 saturated carbocycles. The summed E-state index contributed by atoms with van der Waals surface area (Å²) in [5.41, 5.74) is -2.77. The first kappa shape index (κ1) is 26.7. The van der Waals surface area contributed by atoms with E-state index in [1.165, 1.54) is 24.3 Å². The van der Waals surface area contributed by atoms with E-state index in [1.54, 1.807) is 0 Å². The van der Waals surface area contributed by atoms with Crippen molar-refractivity contribution >= 4 is 6.16 Å². The Bertz CT molecular complexity index is 1000. The first-order valence-electron chi connectivity index (χ1n) is 10.1. The van der Waals surface area contributed by atoms with E-state index in [1.807, 2.05) is 0 Å². The smallest absolute Gasteiger partial charge is 0.394 e. The molecule has 0 radical (unpaired) electrons. The summed E-state index contributed by atoms with van der Waals surface area (Å²) in [6.45, 7) is 0. The van der Waals surface area contributed by atoms with Gasteiger partial charge in [0, 0.05) is 12.8 Å². The maximum atomic E-state index is 13.7. The highest BCUT2D eigenvalue weighted by atomic mass is 19.4. The first-order valence-corrected chi connectivity index (χ1v) is 10.1. The van der Waals surface area contributed by atoms with Crippen LogP contribution in [0.15, 0.2) is 36.4 Å². The minimum absolute atomic E-state index is 0.0385. The molecule has 0 heterocycles. The summed E-state index contributed by atoms with van der Waals surface area (Å²) < 4.78 is 91.5. The van der Waals surface area contributed by atoms with Gasteiger partial charge in [0.2, 0.25) is 0 Å². The second-order valence-electron chi connectivity index (χ2n) is 7.15. The van der Waals surface area contributed by atoms with Crippen molar-refractivity contribution in [3.05, 3.63) is 58.7 Å². The van der Waals surface area contributed by atoms with Crippen molar-refractivity contribution in [2.24, 2.45) is 0 Å². The number of hydrogen-bond donors (Lipinski definition) is 0. The number of halogens is 6. The maximum Gasteiger partial charge on any atom is 0.519 e. The van der Waals surface area contributed by atoms with Crippen LogP contribution in [-0.4, -0.2) is 6.16 Å². The van der Waals surface area contributed by atoms with Gasteiger partial charge in [0.05, 0.1) is 0 Å². The van der Waals surface area contributed by atoms with Gasteiger partial charge in [-0.25, -0.2) is 4.79 Å². The van der Waals surface area contributed by atoms with E-state index >= 15 is 0 Å². The Morgan fingerprint density at radius 3 is 1.44 bits per heavy atom. The van der Waals surface area contributed by atoms with Crippen LogP contribution in [0.2, 0.25) is 0 Å². The van der Waals surface area contributed by atoms with Crippen molar-refractivity contribution < 1.29 is 40.6 Å². The second-order valence-corrected chi connectivity index (χ2v) is 7.15. The molecule has 9 heteroatoms. The van der Waals surface area contributed by atoms with Gasteiger partial charge in [-0.15, -0.1) is 24.7 Å². The van der Waals surface area contributed by atoms with Gasteiger partial charge in [0.15, 0.2) is 0 Å². The zero-order valence-corrected chi connectivity index (χ0v) is 17.9. The van der Waals surface area contributed by atoms with Gasteiger partial charge < -0.3 is 9.47 Å². The lowest BCUT2D eigenvalue weighted by Gasteiger charge is -2.18. The molecule has 2 aromatic rings.